The Morgan fingerprint density at radius 3 is 1.95 bits per heavy atom. The molecule has 44 heavy (non-hydrogen) atoms. The number of ether oxygens (including phenoxy) is 3. The van der Waals surface area contributed by atoms with E-state index in [0.717, 1.165) is 37.8 Å². The molecule has 4 fully saturated rings. The Labute approximate surface area is 259 Å². The molecule has 0 radical (unpaired) electrons. The number of methoxy groups -OCH3 is 2. The van der Waals surface area contributed by atoms with Gasteiger partial charge in [-0.1, -0.05) is 44.2 Å². The minimum absolute atomic E-state index is 0.0474. The molecule has 1 aromatic carbocycles. The summed E-state index contributed by atoms with van der Waals surface area (Å²) in [5, 5.41) is 3.27. The van der Waals surface area contributed by atoms with E-state index in [-0.39, 0.29) is 60.9 Å². The summed E-state index contributed by atoms with van der Waals surface area (Å²) in [6.45, 7) is 6.28. The lowest BCUT2D eigenvalue weighted by molar-refractivity contribution is -0.154. The molecule has 0 spiro atoms. The van der Waals surface area contributed by atoms with Crippen LogP contribution >= 0.6 is 0 Å². The highest BCUT2D eigenvalue weighted by atomic mass is 16.6. The van der Waals surface area contributed by atoms with Gasteiger partial charge in [-0.25, -0.2) is 14.4 Å². The number of benzene rings is 1. The van der Waals surface area contributed by atoms with Gasteiger partial charge in [0.2, 0.25) is 11.8 Å². The summed E-state index contributed by atoms with van der Waals surface area (Å²) >= 11 is 0. The summed E-state index contributed by atoms with van der Waals surface area (Å²) < 4.78 is 15.1. The monoisotopic (exact) mass is 614 g/mol. The van der Waals surface area contributed by atoms with Crippen molar-refractivity contribution in [2.45, 2.75) is 83.1 Å². The van der Waals surface area contributed by atoms with Crippen molar-refractivity contribution in [2.24, 2.45) is 11.8 Å². The normalized spacial score (nSPS) is 28.7. The van der Waals surface area contributed by atoms with E-state index >= 15 is 0 Å². The van der Waals surface area contributed by atoms with Crippen LogP contribution in [0.2, 0.25) is 0 Å². The second kappa shape index (κ2) is 15.4. The first-order valence-corrected chi connectivity index (χ1v) is 15.6. The lowest BCUT2D eigenvalue weighted by Crippen LogP contribution is -2.53. The molecule has 0 bridgehead atoms. The number of nitrogens with zero attached hydrogens (tertiary/aromatic N) is 3. The average Bonchev–Trinajstić information content (AvgIpc) is 3.66. The van der Waals surface area contributed by atoms with Crippen LogP contribution in [-0.4, -0.2) is 109 Å². The maximum atomic E-state index is 12.9. The van der Waals surface area contributed by atoms with Gasteiger partial charge in [-0.15, -0.1) is 0 Å². The molecule has 4 saturated heterocycles. The molecule has 4 heterocycles. The lowest BCUT2D eigenvalue weighted by atomic mass is 10.0. The van der Waals surface area contributed by atoms with Gasteiger partial charge >= 0.3 is 18.0 Å². The predicted octanol–water partition coefficient (Wildman–Crippen LogP) is 2.35. The van der Waals surface area contributed by atoms with Gasteiger partial charge in [0.05, 0.1) is 20.1 Å². The molecule has 12 heteroatoms. The molecule has 5 rings (SSSR count). The maximum absolute atomic E-state index is 12.9. The number of hydrogen-bond acceptors (Lipinski definition) is 9. The Morgan fingerprint density at radius 1 is 0.795 bits per heavy atom. The van der Waals surface area contributed by atoms with E-state index < -0.39 is 18.1 Å². The third kappa shape index (κ3) is 7.69. The molecular formula is C32H46N4O8. The molecule has 0 aromatic heterocycles. The Hall–Kier alpha value is -3.67. The molecule has 12 nitrogen and oxygen atoms in total. The summed E-state index contributed by atoms with van der Waals surface area (Å²) in [6.07, 6.45) is 4.13. The summed E-state index contributed by atoms with van der Waals surface area (Å²) in [7, 11) is 2.73. The second-order valence-electron chi connectivity index (χ2n) is 12.1. The van der Waals surface area contributed by atoms with Crippen LogP contribution in [0.25, 0.3) is 0 Å². The van der Waals surface area contributed by atoms with Crippen molar-refractivity contribution in [1.82, 2.24) is 20.0 Å². The van der Waals surface area contributed by atoms with E-state index in [4.69, 9.17) is 14.2 Å². The van der Waals surface area contributed by atoms with Crippen molar-refractivity contribution in [1.29, 1.82) is 0 Å². The van der Waals surface area contributed by atoms with Crippen molar-refractivity contribution in [2.75, 3.05) is 40.4 Å². The minimum atomic E-state index is -0.508. The lowest BCUT2D eigenvalue weighted by Gasteiger charge is -2.36. The standard InChI is InChI=1S/C20H26N2O5.C12H20N2O3/c1-14-12-21(20(25)27-13-15-6-4-3-5-7-15)11-10-16-8-9-17(19(24)26-2)22(16)18(14)23;1-8-7-13-6-5-9-3-4-10(12(16)17-2)14(9)11(8)15/h3-7,14,16-17H,8-13H2,1-2H3;8-10,13H,3-7H2,1-2H3/t14-,16+,17-;8-,9+,10-/m00/s1. The zero-order valence-electron chi connectivity index (χ0n) is 26.2. The van der Waals surface area contributed by atoms with E-state index in [0.29, 0.717) is 25.9 Å². The smallest absolute Gasteiger partial charge is 0.410 e. The van der Waals surface area contributed by atoms with Crippen LogP contribution < -0.4 is 5.32 Å². The van der Waals surface area contributed by atoms with Gasteiger partial charge in [0, 0.05) is 37.6 Å². The maximum Gasteiger partial charge on any atom is 0.410 e. The number of esters is 2. The first kappa shape index (κ1) is 33.2. The third-order valence-electron chi connectivity index (χ3n) is 9.10. The Kier molecular flexibility index (Phi) is 11.6. The number of rotatable bonds is 4. The molecule has 242 valence electrons. The first-order chi connectivity index (χ1) is 21.2. The SMILES string of the molecule is COC(=O)[C@@H]1CC[C@@H]2CCN(C(=O)OCc3ccccc3)C[C@H](C)C(=O)N21.COC(=O)[C@@H]1CC[C@@H]2CCNC[C@H](C)C(=O)N21. The zero-order valence-corrected chi connectivity index (χ0v) is 26.2. The number of carbonyl (C=O) groups excluding carboxylic acids is 5. The molecule has 4 aliphatic rings. The van der Waals surface area contributed by atoms with Crippen molar-refractivity contribution in [3.63, 3.8) is 0 Å². The number of fused-ring (bicyclic) bond motifs is 2. The van der Waals surface area contributed by atoms with Gasteiger partial charge in [-0.05, 0) is 50.6 Å². The van der Waals surface area contributed by atoms with Crippen LogP contribution in [0.5, 0.6) is 0 Å². The van der Waals surface area contributed by atoms with Crippen LogP contribution in [0, 0.1) is 11.8 Å². The second-order valence-corrected chi connectivity index (χ2v) is 12.1. The van der Waals surface area contributed by atoms with Crippen LogP contribution in [0.1, 0.15) is 57.9 Å². The van der Waals surface area contributed by atoms with Crippen molar-refractivity contribution >= 4 is 29.8 Å². The van der Waals surface area contributed by atoms with E-state index in [1.165, 1.54) is 14.2 Å². The quantitative estimate of drug-likeness (QED) is 0.401. The molecular weight excluding hydrogens is 568 g/mol. The number of amides is 3. The van der Waals surface area contributed by atoms with Crippen LogP contribution in [-0.2, 0) is 40.0 Å². The average molecular weight is 615 g/mol. The summed E-state index contributed by atoms with van der Waals surface area (Å²) in [4.78, 5) is 66.5. The van der Waals surface area contributed by atoms with Gasteiger partial charge < -0.3 is 34.2 Å². The van der Waals surface area contributed by atoms with Crippen LogP contribution in [0.15, 0.2) is 30.3 Å². The van der Waals surface area contributed by atoms with Crippen molar-refractivity contribution in [3.05, 3.63) is 35.9 Å². The van der Waals surface area contributed by atoms with Crippen molar-refractivity contribution < 1.29 is 38.2 Å². The highest BCUT2D eigenvalue weighted by Crippen LogP contribution is 2.32. The fourth-order valence-electron chi connectivity index (χ4n) is 6.70. The van der Waals surface area contributed by atoms with Gasteiger partial charge in [-0.2, -0.15) is 0 Å². The zero-order chi connectivity index (χ0) is 31.8. The predicted molar refractivity (Wildman–Crippen MR) is 160 cm³/mol. The summed E-state index contributed by atoms with van der Waals surface area (Å²) in [6, 6.07) is 8.78. The topological polar surface area (TPSA) is 135 Å². The largest absolute Gasteiger partial charge is 0.467 e. The highest BCUT2D eigenvalue weighted by Gasteiger charge is 2.45. The van der Waals surface area contributed by atoms with Gasteiger partial charge in [0.1, 0.15) is 18.7 Å². The molecule has 6 atom stereocenters. The van der Waals surface area contributed by atoms with Crippen LogP contribution in [0.4, 0.5) is 4.79 Å². The summed E-state index contributed by atoms with van der Waals surface area (Å²) in [5.74, 6) is -1.13. The molecule has 0 aliphatic carbocycles. The molecule has 0 saturated carbocycles. The third-order valence-corrected chi connectivity index (χ3v) is 9.10. The molecule has 0 unspecified atom stereocenters. The molecule has 1 N–H and O–H groups in total. The van der Waals surface area contributed by atoms with Gasteiger partial charge in [0.15, 0.2) is 0 Å². The Morgan fingerprint density at radius 2 is 1.36 bits per heavy atom. The van der Waals surface area contributed by atoms with Gasteiger partial charge in [0.25, 0.3) is 0 Å². The first-order valence-electron chi connectivity index (χ1n) is 15.6. The van der Waals surface area contributed by atoms with E-state index in [9.17, 15) is 24.0 Å². The van der Waals surface area contributed by atoms with E-state index in [1.807, 2.05) is 37.3 Å². The number of hydrogen-bond donors (Lipinski definition) is 1. The number of carbonyl (C=O) groups is 5. The van der Waals surface area contributed by atoms with E-state index in [1.54, 1.807) is 21.6 Å². The highest BCUT2D eigenvalue weighted by molar-refractivity contribution is 5.88. The van der Waals surface area contributed by atoms with Gasteiger partial charge in [-0.3, -0.25) is 9.59 Å². The molecule has 1 aromatic rings. The Balaban J connectivity index is 0.000000223. The molecule has 4 aliphatic heterocycles. The van der Waals surface area contributed by atoms with Crippen LogP contribution in [0.3, 0.4) is 0 Å². The fraction of sp³-hybridized carbons (Fsp3) is 0.656. The Bertz CT molecular complexity index is 1180. The molecule has 3 amide bonds. The fourth-order valence-corrected chi connectivity index (χ4v) is 6.70. The minimum Gasteiger partial charge on any atom is -0.467 e. The van der Waals surface area contributed by atoms with E-state index in [2.05, 4.69) is 5.32 Å². The van der Waals surface area contributed by atoms with Crippen molar-refractivity contribution in [3.8, 4) is 0 Å². The summed E-state index contributed by atoms with van der Waals surface area (Å²) in [5.41, 5.74) is 0.921. The number of nitrogens with one attached hydrogen (secondary N) is 1.